The number of fused-ring (bicyclic) bond motifs is 1. The predicted molar refractivity (Wildman–Crippen MR) is 144 cm³/mol. The van der Waals surface area contributed by atoms with Gasteiger partial charge in [0, 0.05) is 32.7 Å². The van der Waals surface area contributed by atoms with E-state index >= 15 is 0 Å². The maximum atomic E-state index is 14.1. The summed E-state index contributed by atoms with van der Waals surface area (Å²) in [5.41, 5.74) is 2.00. The number of thiazole rings is 1. The van der Waals surface area contributed by atoms with Crippen molar-refractivity contribution in [1.29, 1.82) is 0 Å². The number of amides is 1. The first kappa shape index (κ1) is 25.7. The second-order valence-electron chi connectivity index (χ2n) is 9.32. The number of nitrogens with zero attached hydrogens (tertiary/aromatic N) is 4. The molecule has 2 aliphatic heterocycles. The number of carbonyl (C=O) groups is 1. The summed E-state index contributed by atoms with van der Waals surface area (Å²) in [5, 5.41) is 2.40. The maximum Gasteiger partial charge on any atom is 0.253 e. The Balaban J connectivity index is 1.42. The van der Waals surface area contributed by atoms with Gasteiger partial charge in [0.25, 0.3) is 10.0 Å². The third-order valence-electron chi connectivity index (χ3n) is 6.79. The van der Waals surface area contributed by atoms with Gasteiger partial charge in [0.05, 0.1) is 23.4 Å². The third-order valence-corrected chi connectivity index (χ3v) is 11.1. The lowest BCUT2D eigenvalue weighted by Crippen LogP contribution is -2.53. The van der Waals surface area contributed by atoms with E-state index in [2.05, 4.69) is 11.0 Å². The second kappa shape index (κ2) is 11.2. The van der Waals surface area contributed by atoms with Crippen molar-refractivity contribution in [2.75, 3.05) is 50.8 Å². The van der Waals surface area contributed by atoms with Crippen molar-refractivity contribution in [1.82, 2.24) is 14.2 Å². The highest BCUT2D eigenvalue weighted by atomic mass is 32.2. The Morgan fingerprint density at radius 1 is 1.19 bits per heavy atom. The topological polar surface area (TPSA) is 83.1 Å². The Bertz CT molecular complexity index is 1290. The van der Waals surface area contributed by atoms with Crippen molar-refractivity contribution in [3.05, 3.63) is 41.3 Å². The van der Waals surface area contributed by atoms with Crippen molar-refractivity contribution < 1.29 is 17.9 Å². The van der Waals surface area contributed by atoms with Gasteiger partial charge in [-0.1, -0.05) is 29.9 Å². The molecule has 0 bridgehead atoms. The zero-order valence-electron chi connectivity index (χ0n) is 20.5. The molecule has 0 N–H and O–H groups in total. The predicted octanol–water partition coefficient (Wildman–Crippen LogP) is 3.96. The van der Waals surface area contributed by atoms with Crippen LogP contribution in [0, 0.1) is 6.92 Å². The van der Waals surface area contributed by atoms with E-state index in [9.17, 15) is 13.2 Å². The Morgan fingerprint density at radius 3 is 2.81 bits per heavy atom. The largest absolute Gasteiger partial charge is 0.379 e. The molecule has 1 aromatic carbocycles. The van der Waals surface area contributed by atoms with E-state index in [0.29, 0.717) is 24.6 Å². The molecule has 2 aliphatic rings. The van der Waals surface area contributed by atoms with Crippen LogP contribution < -0.4 is 4.90 Å². The molecule has 0 spiro atoms. The molecule has 5 rings (SSSR count). The summed E-state index contributed by atoms with van der Waals surface area (Å²) < 4.78 is 35.1. The number of morpholine rings is 1. The van der Waals surface area contributed by atoms with Crippen molar-refractivity contribution in [3.8, 4) is 0 Å². The highest BCUT2D eigenvalue weighted by Crippen LogP contribution is 2.33. The number of benzene rings is 1. The molecule has 4 heterocycles. The molecule has 1 amide bonds. The first-order chi connectivity index (χ1) is 17.4. The molecular weight excluding hydrogens is 517 g/mol. The van der Waals surface area contributed by atoms with Crippen LogP contribution in [0.2, 0.25) is 0 Å². The van der Waals surface area contributed by atoms with E-state index in [0.717, 1.165) is 67.9 Å². The molecule has 2 aromatic heterocycles. The summed E-state index contributed by atoms with van der Waals surface area (Å²) >= 11 is 2.69. The number of hydrogen-bond acceptors (Lipinski definition) is 8. The molecule has 0 radical (unpaired) electrons. The van der Waals surface area contributed by atoms with Crippen molar-refractivity contribution in [2.45, 2.75) is 42.9 Å². The van der Waals surface area contributed by atoms with Crippen LogP contribution in [0.5, 0.6) is 0 Å². The molecule has 194 valence electrons. The number of sulfonamides is 1. The van der Waals surface area contributed by atoms with E-state index in [1.807, 2.05) is 19.1 Å². The zero-order chi connectivity index (χ0) is 25.1. The van der Waals surface area contributed by atoms with Crippen LogP contribution in [0.4, 0.5) is 5.13 Å². The van der Waals surface area contributed by atoms with Crippen molar-refractivity contribution in [2.24, 2.45) is 0 Å². The van der Waals surface area contributed by atoms with Crippen molar-refractivity contribution in [3.63, 3.8) is 0 Å². The summed E-state index contributed by atoms with van der Waals surface area (Å²) in [6.45, 7) is 7.01. The van der Waals surface area contributed by atoms with E-state index < -0.39 is 16.1 Å². The smallest absolute Gasteiger partial charge is 0.253 e. The molecule has 2 saturated heterocycles. The zero-order valence-corrected chi connectivity index (χ0v) is 22.9. The minimum Gasteiger partial charge on any atom is -0.379 e. The van der Waals surface area contributed by atoms with Crippen molar-refractivity contribution >= 4 is 54.0 Å². The molecule has 11 heteroatoms. The number of rotatable bonds is 8. The van der Waals surface area contributed by atoms with Crippen LogP contribution in [-0.2, 0) is 19.6 Å². The van der Waals surface area contributed by atoms with E-state index in [4.69, 9.17) is 9.72 Å². The van der Waals surface area contributed by atoms with E-state index in [1.54, 1.807) is 22.4 Å². The minimum atomic E-state index is -3.73. The normalized spacial score (nSPS) is 20.1. The van der Waals surface area contributed by atoms with Crippen LogP contribution in [-0.4, -0.2) is 80.5 Å². The number of anilines is 1. The van der Waals surface area contributed by atoms with Gasteiger partial charge in [-0.15, -0.1) is 11.3 Å². The lowest BCUT2D eigenvalue weighted by molar-refractivity contribution is -0.123. The Hall–Kier alpha value is -1.89. The maximum absolute atomic E-state index is 14.1. The number of aromatic nitrogens is 1. The SMILES string of the molecule is Cc1ccc2nc(N(CCCN3CCOCC3)C(=O)C3CCCCN3S(=O)(=O)c3cccs3)sc2c1. The summed E-state index contributed by atoms with van der Waals surface area (Å²) in [4.78, 5) is 23.0. The standard InChI is InChI=1S/C25H32N4O4S3/c1-19-8-9-20-22(18-19)35-25(26-20)28(11-5-10-27-13-15-33-16-14-27)24(30)21-6-2-3-12-29(21)36(31,32)23-7-4-17-34-23/h4,7-9,17-18,21H,2-3,5-6,10-16H2,1H3. The first-order valence-electron chi connectivity index (χ1n) is 12.5. The molecule has 1 atom stereocenters. The highest BCUT2D eigenvalue weighted by Gasteiger charge is 2.40. The molecule has 0 aliphatic carbocycles. The Morgan fingerprint density at radius 2 is 2.03 bits per heavy atom. The molecule has 1 unspecified atom stereocenters. The molecule has 2 fully saturated rings. The van der Waals surface area contributed by atoms with Crippen LogP contribution in [0.25, 0.3) is 10.2 Å². The average Bonchev–Trinajstić information content (AvgIpc) is 3.57. The fourth-order valence-corrected chi connectivity index (χ4v) is 8.72. The third kappa shape index (κ3) is 5.51. The number of ether oxygens (including phenoxy) is 1. The highest BCUT2D eigenvalue weighted by molar-refractivity contribution is 7.91. The van der Waals surface area contributed by atoms with Gasteiger partial charge in [-0.05, 0) is 55.3 Å². The molecule has 36 heavy (non-hydrogen) atoms. The van der Waals surface area contributed by atoms with Crippen LogP contribution in [0.15, 0.2) is 39.9 Å². The monoisotopic (exact) mass is 548 g/mol. The number of hydrogen-bond donors (Lipinski definition) is 0. The van der Waals surface area contributed by atoms with Gasteiger partial charge in [-0.3, -0.25) is 14.6 Å². The first-order valence-corrected chi connectivity index (χ1v) is 15.6. The molecule has 0 saturated carbocycles. The lowest BCUT2D eigenvalue weighted by atomic mass is 10.0. The fourth-order valence-electron chi connectivity index (χ4n) is 4.86. The van der Waals surface area contributed by atoms with Gasteiger partial charge in [-0.25, -0.2) is 13.4 Å². The summed E-state index contributed by atoms with van der Waals surface area (Å²) in [6.07, 6.45) is 2.89. The number of carbonyl (C=O) groups excluding carboxylic acids is 1. The quantitative estimate of drug-likeness (QED) is 0.424. The minimum absolute atomic E-state index is 0.174. The number of thiophene rings is 1. The van der Waals surface area contributed by atoms with E-state index in [-0.39, 0.29) is 10.1 Å². The summed E-state index contributed by atoms with van der Waals surface area (Å²) in [6, 6.07) is 8.72. The van der Waals surface area contributed by atoms with Gasteiger partial charge in [0.2, 0.25) is 5.91 Å². The average molecular weight is 549 g/mol. The van der Waals surface area contributed by atoms with E-state index in [1.165, 1.54) is 27.0 Å². The summed E-state index contributed by atoms with van der Waals surface area (Å²) in [7, 11) is -3.73. The van der Waals surface area contributed by atoms with Gasteiger partial charge in [0.15, 0.2) is 5.13 Å². The Labute approximate surface area is 220 Å². The van der Waals surface area contributed by atoms with Gasteiger partial charge in [-0.2, -0.15) is 4.31 Å². The number of piperidine rings is 1. The molecular formula is C25H32N4O4S3. The fraction of sp³-hybridized carbons (Fsp3) is 0.520. The van der Waals surface area contributed by atoms with Gasteiger partial charge < -0.3 is 4.74 Å². The number of aryl methyl sites for hydroxylation is 1. The van der Waals surface area contributed by atoms with Gasteiger partial charge in [0.1, 0.15) is 10.3 Å². The summed E-state index contributed by atoms with van der Waals surface area (Å²) in [5.74, 6) is -0.174. The van der Waals surface area contributed by atoms with Gasteiger partial charge >= 0.3 is 0 Å². The molecule has 8 nitrogen and oxygen atoms in total. The second-order valence-corrected chi connectivity index (χ2v) is 13.4. The van der Waals surface area contributed by atoms with Crippen LogP contribution in [0.1, 0.15) is 31.2 Å². The Kier molecular flexibility index (Phi) is 8.04. The molecule has 3 aromatic rings. The van der Waals surface area contributed by atoms with Crippen LogP contribution >= 0.6 is 22.7 Å². The van der Waals surface area contributed by atoms with Crippen LogP contribution in [0.3, 0.4) is 0 Å². The lowest BCUT2D eigenvalue weighted by Gasteiger charge is -2.36.